The molecule has 4 rings (SSSR count). The Morgan fingerprint density at radius 3 is 2.79 bits per heavy atom. The molecule has 1 aromatic heterocycles. The van der Waals surface area contributed by atoms with Gasteiger partial charge in [-0.2, -0.15) is 0 Å². The van der Waals surface area contributed by atoms with Crippen LogP contribution >= 0.6 is 22.9 Å². The molecule has 0 saturated heterocycles. The molecular weight excluding hydrogens is 502 g/mol. The lowest BCUT2D eigenvalue weighted by molar-refractivity contribution is 0.0575. The van der Waals surface area contributed by atoms with Crippen LogP contribution in [0.15, 0.2) is 46.7 Å². The highest BCUT2D eigenvalue weighted by Crippen LogP contribution is 2.40. The minimum atomic E-state index is -3.98. The number of anilines is 1. The van der Waals surface area contributed by atoms with Gasteiger partial charge in [0.05, 0.1) is 31.1 Å². The van der Waals surface area contributed by atoms with Gasteiger partial charge in [-0.25, -0.2) is 8.42 Å². The van der Waals surface area contributed by atoms with E-state index in [-0.39, 0.29) is 34.4 Å². The molecule has 2 heterocycles. The van der Waals surface area contributed by atoms with E-state index in [0.29, 0.717) is 23.1 Å². The summed E-state index contributed by atoms with van der Waals surface area (Å²) < 4.78 is 44.2. The first-order valence-corrected chi connectivity index (χ1v) is 13.0. The average Bonchev–Trinajstić information content (AvgIpc) is 3.42. The van der Waals surface area contributed by atoms with Crippen LogP contribution in [0, 0.1) is 0 Å². The average molecular weight is 524 g/mol. The van der Waals surface area contributed by atoms with E-state index in [1.165, 1.54) is 31.4 Å². The minimum Gasteiger partial charge on any atom is -0.507 e. The van der Waals surface area contributed by atoms with Gasteiger partial charge in [-0.1, -0.05) is 17.7 Å². The monoisotopic (exact) mass is 523 g/mol. The Labute approximate surface area is 206 Å². The van der Waals surface area contributed by atoms with Crippen molar-refractivity contribution >= 4 is 44.4 Å². The molecule has 0 amide bonds. The molecule has 0 fully saturated rings. The fourth-order valence-electron chi connectivity index (χ4n) is 3.45. The smallest absolute Gasteiger partial charge is 0.271 e. The van der Waals surface area contributed by atoms with Gasteiger partial charge in [0.15, 0.2) is 5.78 Å². The normalized spacial score (nSPS) is 12.9. The third-order valence-electron chi connectivity index (χ3n) is 5.14. The van der Waals surface area contributed by atoms with E-state index < -0.39 is 15.8 Å². The quantitative estimate of drug-likeness (QED) is 0.300. The van der Waals surface area contributed by atoms with Crippen molar-refractivity contribution in [3.8, 4) is 22.6 Å². The zero-order chi connectivity index (χ0) is 24.3. The summed E-state index contributed by atoms with van der Waals surface area (Å²) in [6.07, 6.45) is 0.791. The minimum absolute atomic E-state index is 0.0236. The number of rotatable bonds is 10. The molecule has 0 unspecified atom stereocenters. The van der Waals surface area contributed by atoms with Gasteiger partial charge >= 0.3 is 0 Å². The number of Topliss-reactive ketones (excluding diaryl/α,β-unsaturated/α-hetero) is 1. The standard InChI is InChI=1S/C23H22ClNO7S2/c1-30-8-9-31-13-20(27)17-4-3-16(11-19(17)26)25-34(28,29)22-12-18(23(24)33-22)14-2-5-21-15(10-14)6-7-32-21/h2-5,10-12,25-26H,6-9,13H2,1H3. The van der Waals surface area contributed by atoms with E-state index >= 15 is 0 Å². The number of carbonyl (C=O) groups excluding carboxylic acids is 1. The number of thiophene rings is 1. The van der Waals surface area contributed by atoms with Gasteiger partial charge in [-0.05, 0) is 41.5 Å². The third kappa shape index (κ3) is 5.37. The van der Waals surface area contributed by atoms with Crippen molar-refractivity contribution in [3.05, 3.63) is 57.9 Å². The highest BCUT2D eigenvalue weighted by atomic mass is 35.5. The molecule has 0 atom stereocenters. The second-order valence-corrected chi connectivity index (χ2v) is 11.0. The van der Waals surface area contributed by atoms with E-state index in [1.54, 1.807) is 0 Å². The molecular formula is C23H22ClNO7S2. The molecule has 11 heteroatoms. The maximum absolute atomic E-state index is 13.0. The fourth-order valence-corrected chi connectivity index (χ4v) is 6.27. The number of methoxy groups -OCH3 is 1. The molecule has 0 radical (unpaired) electrons. The molecule has 0 saturated carbocycles. The number of ether oxygens (including phenoxy) is 3. The van der Waals surface area contributed by atoms with Crippen molar-refractivity contribution < 1.29 is 32.5 Å². The van der Waals surface area contributed by atoms with Gasteiger partial charge in [0.2, 0.25) is 0 Å². The summed E-state index contributed by atoms with van der Waals surface area (Å²) in [5, 5.41) is 10.2. The number of fused-ring (bicyclic) bond motifs is 1. The molecule has 3 aromatic rings. The number of hydrogen-bond acceptors (Lipinski definition) is 8. The highest BCUT2D eigenvalue weighted by molar-refractivity contribution is 7.94. The Morgan fingerprint density at radius 1 is 1.21 bits per heavy atom. The Morgan fingerprint density at radius 2 is 2.03 bits per heavy atom. The van der Waals surface area contributed by atoms with Gasteiger partial charge in [-0.3, -0.25) is 9.52 Å². The van der Waals surface area contributed by atoms with E-state index in [0.717, 1.165) is 34.6 Å². The van der Waals surface area contributed by atoms with Crippen molar-refractivity contribution in [3.63, 3.8) is 0 Å². The maximum Gasteiger partial charge on any atom is 0.271 e. The molecule has 1 aliphatic heterocycles. The van der Waals surface area contributed by atoms with Crippen molar-refractivity contribution in [2.45, 2.75) is 10.6 Å². The number of benzene rings is 2. The van der Waals surface area contributed by atoms with Gasteiger partial charge < -0.3 is 19.3 Å². The summed E-state index contributed by atoms with van der Waals surface area (Å²) in [4.78, 5) is 12.2. The maximum atomic E-state index is 13.0. The molecule has 0 bridgehead atoms. The molecule has 8 nitrogen and oxygen atoms in total. The number of phenols is 1. The Hall–Kier alpha value is -2.63. The lowest BCUT2D eigenvalue weighted by atomic mass is 10.0. The van der Waals surface area contributed by atoms with Crippen LogP contribution in [0.3, 0.4) is 0 Å². The summed E-state index contributed by atoms with van der Waals surface area (Å²) >= 11 is 7.31. The Kier molecular flexibility index (Phi) is 7.44. The number of hydrogen-bond donors (Lipinski definition) is 2. The van der Waals surface area contributed by atoms with E-state index in [1.807, 2.05) is 18.2 Å². The third-order valence-corrected chi connectivity index (χ3v) is 8.36. The predicted molar refractivity (Wildman–Crippen MR) is 130 cm³/mol. The van der Waals surface area contributed by atoms with Crippen LogP contribution in [-0.2, 0) is 25.9 Å². The van der Waals surface area contributed by atoms with Crippen LogP contribution in [0.1, 0.15) is 15.9 Å². The second kappa shape index (κ2) is 10.3. The first kappa shape index (κ1) is 24.5. The van der Waals surface area contributed by atoms with Crippen molar-refractivity contribution in [2.75, 3.05) is 38.3 Å². The Balaban J connectivity index is 1.50. The number of carbonyl (C=O) groups is 1. The predicted octanol–water partition coefficient (Wildman–Crippen LogP) is 4.36. The van der Waals surface area contributed by atoms with Crippen LogP contribution in [0.5, 0.6) is 11.5 Å². The number of aromatic hydroxyl groups is 1. The largest absolute Gasteiger partial charge is 0.507 e. The van der Waals surface area contributed by atoms with Crippen LogP contribution in [-0.4, -0.2) is 52.8 Å². The molecule has 0 aliphatic carbocycles. The topological polar surface area (TPSA) is 111 Å². The summed E-state index contributed by atoms with van der Waals surface area (Å²) in [5.41, 5.74) is 2.60. The summed E-state index contributed by atoms with van der Waals surface area (Å²) in [6, 6.07) is 11.1. The highest BCUT2D eigenvalue weighted by Gasteiger charge is 2.23. The van der Waals surface area contributed by atoms with Crippen LogP contribution in [0.25, 0.3) is 11.1 Å². The summed E-state index contributed by atoms with van der Waals surface area (Å²) in [5.74, 6) is 0.0381. The molecule has 180 valence electrons. The first-order chi connectivity index (χ1) is 16.3. The number of nitrogens with one attached hydrogen (secondary N) is 1. The zero-order valence-electron chi connectivity index (χ0n) is 18.2. The fraction of sp³-hybridized carbons (Fsp3) is 0.261. The van der Waals surface area contributed by atoms with Gasteiger partial charge in [0.25, 0.3) is 10.0 Å². The lowest BCUT2D eigenvalue weighted by Gasteiger charge is -2.09. The zero-order valence-corrected chi connectivity index (χ0v) is 20.6. The molecule has 2 aromatic carbocycles. The van der Waals surface area contributed by atoms with Crippen molar-refractivity contribution in [1.29, 1.82) is 0 Å². The van der Waals surface area contributed by atoms with Crippen molar-refractivity contribution in [1.82, 2.24) is 0 Å². The van der Waals surface area contributed by atoms with Crippen LogP contribution in [0.4, 0.5) is 5.69 Å². The van der Waals surface area contributed by atoms with Gasteiger partial charge in [-0.15, -0.1) is 11.3 Å². The van der Waals surface area contributed by atoms with Gasteiger partial charge in [0, 0.05) is 25.2 Å². The summed E-state index contributed by atoms with van der Waals surface area (Å²) in [6.45, 7) is 0.978. The first-order valence-electron chi connectivity index (χ1n) is 10.3. The molecule has 34 heavy (non-hydrogen) atoms. The van der Waals surface area contributed by atoms with E-state index in [9.17, 15) is 18.3 Å². The molecule has 1 aliphatic rings. The lowest BCUT2D eigenvalue weighted by Crippen LogP contribution is -2.13. The van der Waals surface area contributed by atoms with Gasteiger partial charge in [0.1, 0.15) is 26.7 Å². The summed E-state index contributed by atoms with van der Waals surface area (Å²) in [7, 11) is -2.46. The second-order valence-electron chi connectivity index (χ2n) is 7.48. The number of halogens is 1. The van der Waals surface area contributed by atoms with Crippen LogP contribution < -0.4 is 9.46 Å². The number of sulfonamides is 1. The molecule has 2 N–H and O–H groups in total. The van der Waals surface area contributed by atoms with Crippen molar-refractivity contribution in [2.24, 2.45) is 0 Å². The van der Waals surface area contributed by atoms with E-state index in [4.69, 9.17) is 25.8 Å². The number of ketones is 1. The Bertz CT molecular complexity index is 1320. The van der Waals surface area contributed by atoms with E-state index in [2.05, 4.69) is 4.72 Å². The number of phenolic OH excluding ortho intramolecular Hbond substituents is 1. The molecule has 0 spiro atoms. The van der Waals surface area contributed by atoms with Crippen LogP contribution in [0.2, 0.25) is 4.34 Å². The SMILES string of the molecule is COCCOCC(=O)c1ccc(NS(=O)(=O)c2cc(-c3ccc4c(c3)CCO4)c(Cl)s2)cc1O.